The summed E-state index contributed by atoms with van der Waals surface area (Å²) in [5.74, 6) is 0.197. The van der Waals surface area contributed by atoms with Gasteiger partial charge in [0.15, 0.2) is 0 Å². The minimum Gasteiger partial charge on any atom is -0.352 e. The number of pyridine rings is 1. The molecule has 0 saturated carbocycles. The molecule has 1 aromatic heterocycles. The zero-order valence-corrected chi connectivity index (χ0v) is 16.1. The maximum Gasteiger partial charge on any atom is 0.243 e. The summed E-state index contributed by atoms with van der Waals surface area (Å²) in [6.45, 7) is 1.49. The van der Waals surface area contributed by atoms with Crippen molar-refractivity contribution in [1.82, 2.24) is 14.6 Å². The van der Waals surface area contributed by atoms with Crippen molar-refractivity contribution in [2.75, 3.05) is 13.1 Å². The van der Waals surface area contributed by atoms with Crippen molar-refractivity contribution < 1.29 is 13.2 Å². The average Bonchev–Trinajstić information content (AvgIpc) is 2.72. The molecule has 1 aliphatic heterocycles. The Morgan fingerprint density at radius 1 is 1.19 bits per heavy atom. The van der Waals surface area contributed by atoms with Gasteiger partial charge in [-0.05, 0) is 48.9 Å². The molecule has 0 radical (unpaired) electrons. The minimum atomic E-state index is -3.45. The van der Waals surface area contributed by atoms with E-state index in [0.29, 0.717) is 37.4 Å². The van der Waals surface area contributed by atoms with Gasteiger partial charge in [0.1, 0.15) is 0 Å². The first-order valence-electron chi connectivity index (χ1n) is 9.26. The van der Waals surface area contributed by atoms with Crippen LogP contribution in [0.15, 0.2) is 59.8 Å². The smallest absolute Gasteiger partial charge is 0.243 e. The van der Waals surface area contributed by atoms with Gasteiger partial charge >= 0.3 is 0 Å². The summed E-state index contributed by atoms with van der Waals surface area (Å²) in [7, 11) is -3.45. The summed E-state index contributed by atoms with van der Waals surface area (Å²) in [4.78, 5) is 16.5. The lowest BCUT2D eigenvalue weighted by molar-refractivity contribution is -0.121. The van der Waals surface area contributed by atoms with Crippen molar-refractivity contribution in [2.24, 2.45) is 5.92 Å². The molecule has 1 saturated heterocycles. The highest BCUT2D eigenvalue weighted by Gasteiger charge is 2.30. The maximum absolute atomic E-state index is 12.8. The fourth-order valence-corrected chi connectivity index (χ4v) is 4.93. The molecule has 144 valence electrons. The van der Waals surface area contributed by atoms with Gasteiger partial charge in [0.05, 0.1) is 4.90 Å². The molecule has 3 rings (SSSR count). The Morgan fingerprint density at radius 3 is 2.74 bits per heavy atom. The second-order valence-corrected chi connectivity index (χ2v) is 8.80. The number of rotatable bonds is 7. The summed E-state index contributed by atoms with van der Waals surface area (Å²) < 4.78 is 27.1. The molecule has 7 heteroatoms. The van der Waals surface area contributed by atoms with Crippen molar-refractivity contribution in [3.63, 3.8) is 0 Å². The molecule has 0 aliphatic carbocycles. The van der Waals surface area contributed by atoms with E-state index in [-0.39, 0.29) is 11.8 Å². The molecule has 2 heterocycles. The lowest BCUT2D eigenvalue weighted by Crippen LogP contribution is -2.40. The number of benzene rings is 1. The van der Waals surface area contributed by atoms with Crippen molar-refractivity contribution in [3.8, 4) is 0 Å². The van der Waals surface area contributed by atoms with E-state index in [1.54, 1.807) is 41.0 Å². The predicted molar refractivity (Wildman–Crippen MR) is 103 cm³/mol. The molecule has 1 amide bonds. The van der Waals surface area contributed by atoms with Crippen LogP contribution in [-0.4, -0.2) is 36.7 Å². The third-order valence-corrected chi connectivity index (χ3v) is 6.73. The van der Waals surface area contributed by atoms with Gasteiger partial charge in [-0.25, -0.2) is 8.42 Å². The highest BCUT2D eigenvalue weighted by Crippen LogP contribution is 2.26. The molecule has 6 nitrogen and oxygen atoms in total. The Balaban J connectivity index is 1.49. The Labute approximate surface area is 160 Å². The van der Waals surface area contributed by atoms with Crippen LogP contribution < -0.4 is 5.32 Å². The fourth-order valence-electron chi connectivity index (χ4n) is 3.35. The van der Waals surface area contributed by atoms with Gasteiger partial charge in [0, 0.05) is 38.4 Å². The topological polar surface area (TPSA) is 79.4 Å². The molecular weight excluding hydrogens is 362 g/mol. The number of amides is 1. The van der Waals surface area contributed by atoms with Gasteiger partial charge in [-0.15, -0.1) is 0 Å². The minimum absolute atomic E-state index is 0.0121. The van der Waals surface area contributed by atoms with Crippen molar-refractivity contribution in [2.45, 2.75) is 37.1 Å². The molecule has 1 atom stereocenters. The molecule has 1 fully saturated rings. The molecule has 1 aliphatic rings. The average molecular weight is 388 g/mol. The summed E-state index contributed by atoms with van der Waals surface area (Å²) >= 11 is 0. The molecule has 1 aromatic carbocycles. The number of hydrogen-bond donors (Lipinski definition) is 1. The highest BCUT2D eigenvalue weighted by molar-refractivity contribution is 7.89. The summed E-state index contributed by atoms with van der Waals surface area (Å²) in [5.41, 5.74) is 0.962. The monoisotopic (exact) mass is 387 g/mol. The van der Waals surface area contributed by atoms with Crippen LogP contribution >= 0.6 is 0 Å². The van der Waals surface area contributed by atoms with E-state index in [1.165, 1.54) is 0 Å². The van der Waals surface area contributed by atoms with Crippen LogP contribution in [-0.2, 0) is 21.4 Å². The van der Waals surface area contributed by atoms with E-state index in [0.717, 1.165) is 18.4 Å². The standard InChI is InChI=1S/C20H25N3O3S/c24-20(22-15-18-6-4-12-21-14-18)11-10-17-7-5-13-23(16-17)27(25,26)19-8-2-1-3-9-19/h1-4,6,8-9,12,14,17H,5,7,10-11,13,15-16H2,(H,22,24). The van der Waals surface area contributed by atoms with Gasteiger partial charge in [0.2, 0.25) is 15.9 Å². The van der Waals surface area contributed by atoms with E-state index < -0.39 is 10.0 Å². The second kappa shape index (κ2) is 9.10. The van der Waals surface area contributed by atoms with Crippen LogP contribution in [0.25, 0.3) is 0 Å². The quantitative estimate of drug-likeness (QED) is 0.792. The van der Waals surface area contributed by atoms with E-state index in [9.17, 15) is 13.2 Å². The molecule has 1 N–H and O–H groups in total. The van der Waals surface area contributed by atoms with E-state index in [4.69, 9.17) is 0 Å². The van der Waals surface area contributed by atoms with Crippen LogP contribution in [0.3, 0.4) is 0 Å². The number of aromatic nitrogens is 1. The number of piperidine rings is 1. The predicted octanol–water partition coefficient (Wildman–Crippen LogP) is 2.58. The summed E-state index contributed by atoms with van der Waals surface area (Å²) in [6, 6.07) is 12.3. The van der Waals surface area contributed by atoms with Crippen molar-refractivity contribution in [1.29, 1.82) is 0 Å². The van der Waals surface area contributed by atoms with Gasteiger partial charge in [-0.2, -0.15) is 4.31 Å². The molecule has 27 heavy (non-hydrogen) atoms. The Hall–Kier alpha value is -2.25. The first kappa shape index (κ1) is 19.5. The zero-order valence-electron chi connectivity index (χ0n) is 15.3. The highest BCUT2D eigenvalue weighted by atomic mass is 32.2. The lowest BCUT2D eigenvalue weighted by Gasteiger charge is -2.31. The summed E-state index contributed by atoms with van der Waals surface area (Å²) in [5, 5.41) is 2.90. The van der Waals surface area contributed by atoms with Crippen LogP contribution in [0, 0.1) is 5.92 Å². The van der Waals surface area contributed by atoms with E-state index >= 15 is 0 Å². The summed E-state index contributed by atoms with van der Waals surface area (Å²) in [6.07, 6.45) is 6.31. The van der Waals surface area contributed by atoms with E-state index in [2.05, 4.69) is 10.3 Å². The largest absolute Gasteiger partial charge is 0.352 e. The Kier molecular flexibility index (Phi) is 6.58. The lowest BCUT2D eigenvalue weighted by atomic mass is 9.94. The zero-order chi connectivity index (χ0) is 19.1. The SMILES string of the molecule is O=C(CCC1CCCN(S(=O)(=O)c2ccccc2)C1)NCc1cccnc1. The third kappa shape index (κ3) is 5.37. The van der Waals surface area contributed by atoms with Crippen LogP contribution in [0.4, 0.5) is 0 Å². The third-order valence-electron chi connectivity index (χ3n) is 4.85. The maximum atomic E-state index is 12.8. The van der Waals surface area contributed by atoms with Gasteiger partial charge in [-0.3, -0.25) is 9.78 Å². The first-order chi connectivity index (χ1) is 13.1. The number of nitrogens with one attached hydrogen (secondary N) is 1. The molecule has 1 unspecified atom stereocenters. The van der Waals surface area contributed by atoms with Crippen LogP contribution in [0.1, 0.15) is 31.2 Å². The number of sulfonamides is 1. The number of carbonyl (C=O) groups is 1. The first-order valence-corrected chi connectivity index (χ1v) is 10.7. The van der Waals surface area contributed by atoms with Crippen LogP contribution in [0.5, 0.6) is 0 Å². The molecule has 0 spiro atoms. The van der Waals surface area contributed by atoms with Crippen LogP contribution in [0.2, 0.25) is 0 Å². The fraction of sp³-hybridized carbons (Fsp3) is 0.400. The second-order valence-electron chi connectivity index (χ2n) is 6.86. The molecular formula is C20H25N3O3S. The molecule has 0 bridgehead atoms. The Morgan fingerprint density at radius 2 is 2.00 bits per heavy atom. The van der Waals surface area contributed by atoms with Crippen molar-refractivity contribution >= 4 is 15.9 Å². The van der Waals surface area contributed by atoms with Gasteiger partial charge in [-0.1, -0.05) is 24.3 Å². The molecule has 2 aromatic rings. The number of carbonyl (C=O) groups excluding carboxylic acids is 1. The Bertz CT molecular complexity index is 841. The van der Waals surface area contributed by atoms with E-state index in [1.807, 2.05) is 18.2 Å². The number of hydrogen-bond acceptors (Lipinski definition) is 4. The van der Waals surface area contributed by atoms with Gasteiger partial charge in [0.25, 0.3) is 0 Å². The number of nitrogens with zero attached hydrogens (tertiary/aromatic N) is 2. The van der Waals surface area contributed by atoms with Crippen molar-refractivity contribution in [3.05, 3.63) is 60.4 Å². The normalized spacial score (nSPS) is 18.1. The van der Waals surface area contributed by atoms with Gasteiger partial charge < -0.3 is 5.32 Å².